The van der Waals surface area contributed by atoms with Crippen molar-refractivity contribution in [2.24, 2.45) is 0 Å². The Labute approximate surface area is 114 Å². The number of hydrogen-bond acceptors (Lipinski definition) is 2. The summed E-state index contributed by atoms with van der Waals surface area (Å²) in [6.45, 7) is 1.02. The molecule has 3 rings (SSSR count). The van der Waals surface area contributed by atoms with Crippen LogP contribution in [0.2, 0.25) is 0 Å². The highest BCUT2D eigenvalue weighted by Gasteiger charge is 2.29. The third-order valence-corrected chi connectivity index (χ3v) is 4.23. The summed E-state index contributed by atoms with van der Waals surface area (Å²) in [6, 6.07) is 6.03. The maximum atomic E-state index is 12.6. The highest BCUT2D eigenvalue weighted by Crippen LogP contribution is 2.26. The molecule has 1 aromatic carbocycles. The predicted octanol–water partition coefficient (Wildman–Crippen LogP) is 3.21. The summed E-state index contributed by atoms with van der Waals surface area (Å²) < 4.78 is 1.00. The quantitative estimate of drug-likeness (QED) is 0.865. The SMILES string of the molecule is CN1CCC[C@@H]1C(=O)c1c[nH]c2ccc(Br)cc12. The fourth-order valence-electron chi connectivity index (χ4n) is 2.72. The van der Waals surface area contributed by atoms with E-state index in [1.807, 2.05) is 31.4 Å². The van der Waals surface area contributed by atoms with Gasteiger partial charge in [-0.1, -0.05) is 15.9 Å². The van der Waals surface area contributed by atoms with Gasteiger partial charge in [-0.3, -0.25) is 9.69 Å². The normalized spacial score (nSPS) is 20.7. The van der Waals surface area contributed by atoms with Crippen LogP contribution in [0.25, 0.3) is 10.9 Å². The zero-order valence-corrected chi connectivity index (χ0v) is 11.8. The number of nitrogens with zero attached hydrogens (tertiary/aromatic N) is 1. The molecule has 4 heteroatoms. The first-order chi connectivity index (χ1) is 8.66. The monoisotopic (exact) mass is 306 g/mol. The molecule has 1 fully saturated rings. The molecule has 2 heterocycles. The average Bonchev–Trinajstić information content (AvgIpc) is 2.94. The summed E-state index contributed by atoms with van der Waals surface area (Å²) in [5.41, 5.74) is 1.83. The minimum absolute atomic E-state index is 0.0444. The van der Waals surface area contributed by atoms with Gasteiger partial charge in [0.2, 0.25) is 0 Å². The van der Waals surface area contributed by atoms with E-state index in [9.17, 15) is 4.79 Å². The van der Waals surface area contributed by atoms with Crippen LogP contribution >= 0.6 is 15.9 Å². The van der Waals surface area contributed by atoms with Crippen molar-refractivity contribution in [2.45, 2.75) is 18.9 Å². The molecule has 0 saturated carbocycles. The minimum Gasteiger partial charge on any atom is -0.360 e. The van der Waals surface area contributed by atoms with Crippen LogP contribution in [-0.2, 0) is 0 Å². The molecular formula is C14H15BrN2O. The van der Waals surface area contributed by atoms with Crippen LogP contribution in [0.5, 0.6) is 0 Å². The molecule has 1 N–H and O–H groups in total. The summed E-state index contributed by atoms with van der Waals surface area (Å²) in [5.74, 6) is 0.236. The third-order valence-electron chi connectivity index (χ3n) is 3.73. The van der Waals surface area contributed by atoms with E-state index in [2.05, 4.69) is 25.8 Å². The summed E-state index contributed by atoms with van der Waals surface area (Å²) in [5, 5.41) is 1.01. The van der Waals surface area contributed by atoms with Gasteiger partial charge in [-0.2, -0.15) is 0 Å². The first-order valence-corrected chi connectivity index (χ1v) is 6.97. The fraction of sp³-hybridized carbons (Fsp3) is 0.357. The Morgan fingerprint density at radius 1 is 1.50 bits per heavy atom. The number of carbonyl (C=O) groups is 1. The number of Topliss-reactive ketones (excluding diaryl/α,β-unsaturated/α-hetero) is 1. The summed E-state index contributed by atoms with van der Waals surface area (Å²) in [6.07, 6.45) is 3.92. The zero-order valence-electron chi connectivity index (χ0n) is 10.2. The Kier molecular flexibility index (Phi) is 2.99. The maximum absolute atomic E-state index is 12.6. The topological polar surface area (TPSA) is 36.1 Å². The van der Waals surface area contributed by atoms with Crippen molar-refractivity contribution in [3.05, 3.63) is 34.4 Å². The van der Waals surface area contributed by atoms with Crippen LogP contribution < -0.4 is 0 Å². The maximum Gasteiger partial charge on any atom is 0.182 e. The van der Waals surface area contributed by atoms with Gasteiger partial charge in [0.1, 0.15) is 0 Å². The Bertz CT molecular complexity index is 605. The van der Waals surface area contributed by atoms with Crippen LogP contribution in [0, 0.1) is 0 Å². The second-order valence-corrected chi connectivity index (χ2v) is 5.81. The minimum atomic E-state index is 0.0444. The van der Waals surface area contributed by atoms with Gasteiger partial charge in [-0.25, -0.2) is 0 Å². The van der Waals surface area contributed by atoms with Gasteiger partial charge in [0.15, 0.2) is 5.78 Å². The van der Waals surface area contributed by atoms with Crippen molar-refractivity contribution in [3.8, 4) is 0 Å². The van der Waals surface area contributed by atoms with Gasteiger partial charge in [0.05, 0.1) is 6.04 Å². The van der Waals surface area contributed by atoms with E-state index in [0.717, 1.165) is 40.3 Å². The molecule has 0 amide bonds. The van der Waals surface area contributed by atoms with Gasteiger partial charge in [0.25, 0.3) is 0 Å². The van der Waals surface area contributed by atoms with E-state index in [0.29, 0.717) is 0 Å². The van der Waals surface area contributed by atoms with Crippen molar-refractivity contribution < 1.29 is 4.79 Å². The van der Waals surface area contributed by atoms with Gasteiger partial charge in [-0.05, 0) is 44.6 Å². The van der Waals surface area contributed by atoms with Crippen molar-refractivity contribution in [3.63, 3.8) is 0 Å². The Morgan fingerprint density at radius 2 is 2.33 bits per heavy atom. The van der Waals surface area contributed by atoms with Crippen LogP contribution in [0.4, 0.5) is 0 Å². The lowest BCUT2D eigenvalue weighted by Crippen LogP contribution is -2.32. The number of likely N-dealkylation sites (tertiary alicyclic amines) is 1. The van der Waals surface area contributed by atoms with Gasteiger partial charge in [0, 0.05) is 27.1 Å². The summed E-state index contributed by atoms with van der Waals surface area (Å²) in [4.78, 5) is 17.9. The first-order valence-electron chi connectivity index (χ1n) is 6.18. The molecule has 1 aliphatic rings. The number of rotatable bonds is 2. The third kappa shape index (κ3) is 1.89. The number of carbonyl (C=O) groups excluding carboxylic acids is 1. The average molecular weight is 307 g/mol. The molecule has 0 bridgehead atoms. The van der Waals surface area contributed by atoms with Crippen molar-refractivity contribution >= 4 is 32.6 Å². The molecule has 1 aliphatic heterocycles. The highest BCUT2D eigenvalue weighted by atomic mass is 79.9. The van der Waals surface area contributed by atoms with Crippen LogP contribution in [0.3, 0.4) is 0 Å². The molecule has 0 unspecified atom stereocenters. The molecule has 2 aromatic rings. The number of nitrogens with one attached hydrogen (secondary N) is 1. The second kappa shape index (κ2) is 4.52. The van der Waals surface area contributed by atoms with Crippen LogP contribution in [-0.4, -0.2) is 35.3 Å². The number of ketones is 1. The van der Waals surface area contributed by atoms with Crippen molar-refractivity contribution in [1.82, 2.24) is 9.88 Å². The van der Waals surface area contributed by atoms with E-state index in [1.54, 1.807) is 0 Å². The number of likely N-dealkylation sites (N-methyl/N-ethyl adjacent to an activating group) is 1. The lowest BCUT2D eigenvalue weighted by molar-refractivity contribution is 0.0892. The lowest BCUT2D eigenvalue weighted by Gasteiger charge is -2.17. The Morgan fingerprint density at radius 3 is 3.06 bits per heavy atom. The standard InChI is InChI=1S/C14H15BrN2O/c1-17-6-2-3-13(17)14(18)11-8-16-12-5-4-9(15)7-10(11)12/h4-5,7-8,13,16H,2-3,6H2,1H3/t13-/m1/s1. The van der Waals surface area contributed by atoms with E-state index in [1.165, 1.54) is 0 Å². The van der Waals surface area contributed by atoms with Crippen molar-refractivity contribution in [2.75, 3.05) is 13.6 Å². The largest absolute Gasteiger partial charge is 0.360 e. The highest BCUT2D eigenvalue weighted by molar-refractivity contribution is 9.10. The van der Waals surface area contributed by atoms with E-state index in [4.69, 9.17) is 0 Å². The Balaban J connectivity index is 2.03. The van der Waals surface area contributed by atoms with E-state index >= 15 is 0 Å². The Hall–Kier alpha value is -1.13. The van der Waals surface area contributed by atoms with E-state index < -0.39 is 0 Å². The van der Waals surface area contributed by atoms with Gasteiger partial charge >= 0.3 is 0 Å². The fourth-order valence-corrected chi connectivity index (χ4v) is 3.08. The summed E-state index contributed by atoms with van der Waals surface area (Å²) in [7, 11) is 2.03. The molecule has 94 valence electrons. The molecular weight excluding hydrogens is 292 g/mol. The van der Waals surface area contributed by atoms with Crippen molar-refractivity contribution in [1.29, 1.82) is 0 Å². The van der Waals surface area contributed by atoms with Crippen LogP contribution in [0.15, 0.2) is 28.9 Å². The second-order valence-electron chi connectivity index (χ2n) is 4.90. The number of hydrogen-bond donors (Lipinski definition) is 1. The number of aromatic amines is 1. The van der Waals surface area contributed by atoms with E-state index in [-0.39, 0.29) is 11.8 Å². The lowest BCUT2D eigenvalue weighted by atomic mass is 10.0. The molecule has 0 aliphatic carbocycles. The van der Waals surface area contributed by atoms with Crippen LogP contribution in [0.1, 0.15) is 23.2 Å². The molecule has 3 nitrogen and oxygen atoms in total. The number of fused-ring (bicyclic) bond motifs is 1. The summed E-state index contributed by atoms with van der Waals surface area (Å²) >= 11 is 3.46. The van der Waals surface area contributed by atoms with Gasteiger partial charge in [-0.15, -0.1) is 0 Å². The number of H-pyrrole nitrogens is 1. The molecule has 18 heavy (non-hydrogen) atoms. The molecule has 0 spiro atoms. The number of benzene rings is 1. The smallest absolute Gasteiger partial charge is 0.182 e. The van der Waals surface area contributed by atoms with Gasteiger partial charge < -0.3 is 4.98 Å². The zero-order chi connectivity index (χ0) is 12.7. The number of aromatic nitrogens is 1. The predicted molar refractivity (Wildman–Crippen MR) is 76.0 cm³/mol. The first kappa shape index (κ1) is 11.9. The molecule has 1 saturated heterocycles. The number of halogens is 1. The molecule has 0 radical (unpaired) electrons. The molecule has 1 atom stereocenters. The molecule has 1 aromatic heterocycles.